The lowest BCUT2D eigenvalue weighted by Crippen LogP contribution is -2.23. The Hall–Kier alpha value is -1.26. The standard InChI is InChI=1S/C16H20BrNO2/c1-4-9-18-16(15-8-5-11(2)20-15)13-7-6-12(19-3)10-14(13)17/h5-8,10,16,18H,4,9H2,1-3H3. The smallest absolute Gasteiger partial charge is 0.125 e. The first-order valence-corrected chi connectivity index (χ1v) is 7.58. The number of aryl methyl sites for hydroxylation is 1. The third kappa shape index (κ3) is 3.44. The predicted octanol–water partition coefficient (Wildman–Crippen LogP) is 4.45. The van der Waals surface area contributed by atoms with Gasteiger partial charge >= 0.3 is 0 Å². The molecule has 0 saturated carbocycles. The zero-order valence-corrected chi connectivity index (χ0v) is 13.7. The molecule has 1 heterocycles. The van der Waals surface area contributed by atoms with Gasteiger partial charge in [0.1, 0.15) is 17.3 Å². The maximum absolute atomic E-state index is 5.79. The molecule has 0 fully saturated rings. The van der Waals surface area contributed by atoms with Crippen molar-refractivity contribution in [2.45, 2.75) is 26.3 Å². The molecule has 1 N–H and O–H groups in total. The minimum atomic E-state index is 0.0453. The van der Waals surface area contributed by atoms with Gasteiger partial charge in [-0.1, -0.05) is 28.9 Å². The van der Waals surface area contributed by atoms with Crippen molar-refractivity contribution in [3.63, 3.8) is 0 Å². The summed E-state index contributed by atoms with van der Waals surface area (Å²) in [6.07, 6.45) is 1.07. The number of halogens is 1. The van der Waals surface area contributed by atoms with Crippen LogP contribution in [0.25, 0.3) is 0 Å². The number of hydrogen-bond donors (Lipinski definition) is 1. The molecule has 3 nitrogen and oxygen atoms in total. The first-order chi connectivity index (χ1) is 9.65. The predicted molar refractivity (Wildman–Crippen MR) is 84.3 cm³/mol. The lowest BCUT2D eigenvalue weighted by Gasteiger charge is -2.19. The number of benzene rings is 1. The quantitative estimate of drug-likeness (QED) is 0.845. The van der Waals surface area contributed by atoms with Crippen LogP contribution in [0.4, 0.5) is 0 Å². The Morgan fingerprint density at radius 1 is 1.30 bits per heavy atom. The Morgan fingerprint density at radius 2 is 2.10 bits per heavy atom. The maximum atomic E-state index is 5.79. The fourth-order valence-electron chi connectivity index (χ4n) is 2.13. The van der Waals surface area contributed by atoms with Crippen LogP contribution in [-0.4, -0.2) is 13.7 Å². The SMILES string of the molecule is CCCNC(c1ccc(C)o1)c1ccc(OC)cc1Br. The van der Waals surface area contributed by atoms with Crippen LogP contribution < -0.4 is 10.1 Å². The van der Waals surface area contributed by atoms with Crippen molar-refractivity contribution in [3.8, 4) is 5.75 Å². The summed E-state index contributed by atoms with van der Waals surface area (Å²) in [5.41, 5.74) is 1.15. The molecule has 1 unspecified atom stereocenters. The second-order valence-electron chi connectivity index (χ2n) is 4.72. The van der Waals surface area contributed by atoms with Gasteiger partial charge in [0.25, 0.3) is 0 Å². The second-order valence-corrected chi connectivity index (χ2v) is 5.58. The van der Waals surface area contributed by atoms with E-state index in [4.69, 9.17) is 9.15 Å². The number of hydrogen-bond acceptors (Lipinski definition) is 3. The van der Waals surface area contributed by atoms with Gasteiger partial charge in [0, 0.05) is 4.47 Å². The lowest BCUT2D eigenvalue weighted by molar-refractivity contribution is 0.412. The normalized spacial score (nSPS) is 12.4. The summed E-state index contributed by atoms with van der Waals surface area (Å²) < 4.78 is 12.1. The first-order valence-electron chi connectivity index (χ1n) is 6.79. The zero-order chi connectivity index (χ0) is 14.5. The summed E-state index contributed by atoms with van der Waals surface area (Å²) in [5.74, 6) is 2.69. The highest BCUT2D eigenvalue weighted by molar-refractivity contribution is 9.10. The fraction of sp³-hybridized carbons (Fsp3) is 0.375. The molecule has 2 aromatic rings. The molecule has 108 valence electrons. The van der Waals surface area contributed by atoms with Gasteiger partial charge in [-0.15, -0.1) is 0 Å². The Balaban J connectivity index is 2.35. The number of methoxy groups -OCH3 is 1. The van der Waals surface area contributed by atoms with Gasteiger partial charge in [-0.25, -0.2) is 0 Å². The van der Waals surface area contributed by atoms with Crippen molar-refractivity contribution in [3.05, 3.63) is 51.9 Å². The Labute approximate surface area is 128 Å². The van der Waals surface area contributed by atoms with Crippen molar-refractivity contribution in [1.29, 1.82) is 0 Å². The molecule has 1 atom stereocenters. The molecule has 1 aromatic heterocycles. The molecule has 0 aliphatic heterocycles. The van der Waals surface area contributed by atoms with E-state index in [9.17, 15) is 0 Å². The molecular formula is C16H20BrNO2. The third-order valence-electron chi connectivity index (χ3n) is 3.16. The van der Waals surface area contributed by atoms with E-state index < -0.39 is 0 Å². The van der Waals surface area contributed by atoms with E-state index in [0.717, 1.165) is 40.3 Å². The van der Waals surface area contributed by atoms with Crippen molar-refractivity contribution in [2.24, 2.45) is 0 Å². The molecule has 0 aliphatic carbocycles. The summed E-state index contributed by atoms with van der Waals surface area (Å²) in [5, 5.41) is 3.53. The molecule has 0 spiro atoms. The minimum absolute atomic E-state index is 0.0453. The number of rotatable bonds is 6. The molecule has 0 amide bonds. The van der Waals surface area contributed by atoms with E-state index in [-0.39, 0.29) is 6.04 Å². The van der Waals surface area contributed by atoms with Crippen LogP contribution in [0.1, 0.15) is 36.5 Å². The Kier molecular flexibility index (Phi) is 5.26. The third-order valence-corrected chi connectivity index (χ3v) is 3.85. The minimum Gasteiger partial charge on any atom is -0.497 e. The maximum Gasteiger partial charge on any atom is 0.125 e. The average Bonchev–Trinajstić information content (AvgIpc) is 2.87. The second kappa shape index (κ2) is 6.95. The van der Waals surface area contributed by atoms with E-state index in [0.29, 0.717) is 0 Å². The summed E-state index contributed by atoms with van der Waals surface area (Å²) in [6.45, 7) is 5.05. The average molecular weight is 338 g/mol. The highest BCUT2D eigenvalue weighted by Crippen LogP contribution is 2.32. The Morgan fingerprint density at radius 3 is 2.65 bits per heavy atom. The lowest BCUT2D eigenvalue weighted by atomic mass is 10.0. The van der Waals surface area contributed by atoms with Crippen molar-refractivity contribution >= 4 is 15.9 Å². The molecule has 0 radical (unpaired) electrons. The summed E-state index contributed by atoms with van der Waals surface area (Å²) in [6, 6.07) is 10.1. The van der Waals surface area contributed by atoms with Crippen LogP contribution in [0.2, 0.25) is 0 Å². The molecule has 1 aromatic carbocycles. The highest BCUT2D eigenvalue weighted by Gasteiger charge is 2.19. The number of nitrogens with one attached hydrogen (secondary N) is 1. The molecular weight excluding hydrogens is 318 g/mol. The van der Waals surface area contributed by atoms with Gasteiger partial charge in [-0.3, -0.25) is 0 Å². The summed E-state index contributed by atoms with van der Waals surface area (Å²) >= 11 is 3.62. The van der Waals surface area contributed by atoms with Gasteiger partial charge < -0.3 is 14.5 Å². The summed E-state index contributed by atoms with van der Waals surface area (Å²) in [4.78, 5) is 0. The van der Waals surface area contributed by atoms with Crippen molar-refractivity contribution in [1.82, 2.24) is 5.32 Å². The van der Waals surface area contributed by atoms with E-state index in [1.165, 1.54) is 0 Å². The molecule has 0 saturated heterocycles. The van der Waals surface area contributed by atoms with Crippen molar-refractivity contribution in [2.75, 3.05) is 13.7 Å². The molecule has 20 heavy (non-hydrogen) atoms. The van der Waals surface area contributed by atoms with E-state index in [1.807, 2.05) is 31.2 Å². The van der Waals surface area contributed by atoms with Crippen LogP contribution in [0.15, 0.2) is 39.2 Å². The van der Waals surface area contributed by atoms with E-state index in [2.05, 4.69) is 34.2 Å². The fourth-order valence-corrected chi connectivity index (χ4v) is 2.72. The number of ether oxygens (including phenoxy) is 1. The zero-order valence-electron chi connectivity index (χ0n) is 12.1. The van der Waals surface area contributed by atoms with E-state index >= 15 is 0 Å². The van der Waals surface area contributed by atoms with Crippen LogP contribution in [-0.2, 0) is 0 Å². The van der Waals surface area contributed by atoms with Gasteiger partial charge in [0.2, 0.25) is 0 Å². The van der Waals surface area contributed by atoms with Crippen LogP contribution >= 0.6 is 15.9 Å². The van der Waals surface area contributed by atoms with E-state index in [1.54, 1.807) is 7.11 Å². The number of furan rings is 1. The van der Waals surface area contributed by atoms with Crippen LogP contribution in [0.3, 0.4) is 0 Å². The van der Waals surface area contributed by atoms with Crippen LogP contribution in [0.5, 0.6) is 5.75 Å². The highest BCUT2D eigenvalue weighted by atomic mass is 79.9. The van der Waals surface area contributed by atoms with Crippen LogP contribution in [0, 0.1) is 6.92 Å². The monoisotopic (exact) mass is 337 g/mol. The van der Waals surface area contributed by atoms with Gasteiger partial charge in [0.15, 0.2) is 0 Å². The van der Waals surface area contributed by atoms with Gasteiger partial charge in [-0.05, 0) is 49.7 Å². The largest absolute Gasteiger partial charge is 0.497 e. The van der Waals surface area contributed by atoms with Gasteiger partial charge in [0.05, 0.1) is 13.2 Å². The van der Waals surface area contributed by atoms with Gasteiger partial charge in [-0.2, -0.15) is 0 Å². The first kappa shape index (κ1) is 15.1. The molecule has 2 rings (SSSR count). The molecule has 4 heteroatoms. The molecule has 0 aliphatic rings. The summed E-state index contributed by atoms with van der Waals surface area (Å²) in [7, 11) is 1.67. The Bertz CT molecular complexity index is 565. The molecule has 0 bridgehead atoms. The van der Waals surface area contributed by atoms with Crippen molar-refractivity contribution < 1.29 is 9.15 Å². The topological polar surface area (TPSA) is 34.4 Å².